The summed E-state index contributed by atoms with van der Waals surface area (Å²) in [6.45, 7) is 1.81. The highest BCUT2D eigenvalue weighted by molar-refractivity contribution is 5.58. The van der Waals surface area contributed by atoms with Crippen LogP contribution in [0.5, 0.6) is 17.4 Å². The molecule has 0 spiro atoms. The molecule has 4 rings (SSSR count). The largest absolute Gasteiger partial charge is 0.508 e. The van der Waals surface area contributed by atoms with Gasteiger partial charge in [0.05, 0.1) is 22.9 Å². The maximum atomic E-state index is 9.89. The molecule has 1 aromatic heterocycles. The second kappa shape index (κ2) is 6.11. The van der Waals surface area contributed by atoms with Crippen LogP contribution in [0, 0.1) is 18.3 Å². The number of aromatic hydroxyl groups is 2. The SMILES string of the molecule is Cc1nn(-c2cccc(O)c2)c2c1[C@H](c1cccc(O)c1)C(C#N)=C(N)O2. The summed E-state index contributed by atoms with van der Waals surface area (Å²) >= 11 is 0. The molecule has 4 N–H and O–H groups in total. The molecule has 27 heavy (non-hydrogen) atoms. The average Bonchev–Trinajstić information content (AvgIpc) is 2.96. The molecule has 0 unspecified atom stereocenters. The normalized spacial score (nSPS) is 15.8. The molecule has 0 saturated carbocycles. The van der Waals surface area contributed by atoms with Crippen LogP contribution in [-0.4, -0.2) is 20.0 Å². The number of nitriles is 1. The monoisotopic (exact) mass is 360 g/mol. The zero-order valence-electron chi connectivity index (χ0n) is 14.4. The maximum Gasteiger partial charge on any atom is 0.229 e. The second-order valence-corrected chi connectivity index (χ2v) is 6.26. The van der Waals surface area contributed by atoms with Crippen molar-refractivity contribution in [3.05, 3.63) is 76.8 Å². The molecule has 0 saturated heterocycles. The molecule has 0 amide bonds. The Morgan fingerprint density at radius 2 is 1.85 bits per heavy atom. The molecule has 1 aliphatic rings. The van der Waals surface area contributed by atoms with Crippen LogP contribution in [0.25, 0.3) is 5.69 Å². The summed E-state index contributed by atoms with van der Waals surface area (Å²) in [7, 11) is 0. The van der Waals surface area contributed by atoms with Crippen molar-refractivity contribution in [3.8, 4) is 29.1 Å². The number of fused-ring (bicyclic) bond motifs is 1. The van der Waals surface area contributed by atoms with Crippen molar-refractivity contribution < 1.29 is 14.9 Å². The van der Waals surface area contributed by atoms with Gasteiger partial charge in [-0.2, -0.15) is 10.4 Å². The minimum atomic E-state index is -0.517. The molecule has 7 heteroatoms. The average molecular weight is 360 g/mol. The predicted octanol–water partition coefficient (Wildman–Crippen LogP) is 2.81. The smallest absolute Gasteiger partial charge is 0.229 e. The number of aromatic nitrogens is 2. The number of nitrogens with two attached hydrogens (primary N) is 1. The lowest BCUT2D eigenvalue weighted by Crippen LogP contribution is -2.22. The Morgan fingerprint density at radius 3 is 2.52 bits per heavy atom. The van der Waals surface area contributed by atoms with Gasteiger partial charge in [0.1, 0.15) is 23.1 Å². The molecule has 7 nitrogen and oxygen atoms in total. The fourth-order valence-corrected chi connectivity index (χ4v) is 3.35. The lowest BCUT2D eigenvalue weighted by atomic mass is 9.84. The van der Waals surface area contributed by atoms with Gasteiger partial charge in [-0.1, -0.05) is 18.2 Å². The number of allylic oxidation sites excluding steroid dienone is 1. The standard InChI is InChI=1S/C20H16N4O3/c1-11-17-18(12-4-2-6-14(25)8-12)16(10-21)19(22)27-20(17)24(23-11)13-5-3-7-15(26)9-13/h2-9,18,25-26H,22H2,1H3/t18-/m1/s1. The molecule has 0 fully saturated rings. The van der Waals surface area contributed by atoms with Gasteiger partial charge in [-0.25, -0.2) is 4.68 Å². The van der Waals surface area contributed by atoms with Crippen molar-refractivity contribution in [2.75, 3.05) is 0 Å². The number of aryl methyl sites for hydroxylation is 1. The number of hydrogen-bond donors (Lipinski definition) is 3. The highest BCUT2D eigenvalue weighted by Gasteiger charge is 2.36. The molecular weight excluding hydrogens is 344 g/mol. The van der Waals surface area contributed by atoms with E-state index in [-0.39, 0.29) is 23.0 Å². The maximum absolute atomic E-state index is 9.89. The third-order valence-corrected chi connectivity index (χ3v) is 4.51. The van der Waals surface area contributed by atoms with Gasteiger partial charge in [0.15, 0.2) is 0 Å². The number of nitrogens with zero attached hydrogens (tertiary/aromatic N) is 3. The van der Waals surface area contributed by atoms with Crippen LogP contribution in [-0.2, 0) is 0 Å². The topological polar surface area (TPSA) is 117 Å². The third-order valence-electron chi connectivity index (χ3n) is 4.51. The van der Waals surface area contributed by atoms with Crippen molar-refractivity contribution in [2.45, 2.75) is 12.8 Å². The van der Waals surface area contributed by atoms with E-state index in [0.29, 0.717) is 28.4 Å². The van der Waals surface area contributed by atoms with E-state index in [0.717, 1.165) is 0 Å². The fraction of sp³-hybridized carbons (Fsp3) is 0.100. The zero-order chi connectivity index (χ0) is 19.1. The summed E-state index contributed by atoms with van der Waals surface area (Å²) in [4.78, 5) is 0. The summed E-state index contributed by atoms with van der Waals surface area (Å²) in [6.07, 6.45) is 0. The fourth-order valence-electron chi connectivity index (χ4n) is 3.35. The molecule has 1 aliphatic heterocycles. The van der Waals surface area contributed by atoms with E-state index in [1.165, 1.54) is 0 Å². The quantitative estimate of drug-likeness (QED) is 0.647. The number of phenols is 2. The van der Waals surface area contributed by atoms with Crippen LogP contribution in [0.15, 0.2) is 60.0 Å². The van der Waals surface area contributed by atoms with Crippen molar-refractivity contribution >= 4 is 0 Å². The first-order chi connectivity index (χ1) is 13.0. The van der Waals surface area contributed by atoms with E-state index < -0.39 is 5.92 Å². The van der Waals surface area contributed by atoms with Crippen molar-refractivity contribution in [3.63, 3.8) is 0 Å². The van der Waals surface area contributed by atoms with Crippen LogP contribution in [0.2, 0.25) is 0 Å². The number of benzene rings is 2. The Hall–Kier alpha value is -3.92. The molecule has 3 aromatic rings. The first kappa shape index (κ1) is 16.5. The predicted molar refractivity (Wildman–Crippen MR) is 97.4 cm³/mol. The molecule has 0 aliphatic carbocycles. The van der Waals surface area contributed by atoms with Crippen molar-refractivity contribution in [1.29, 1.82) is 5.26 Å². The second-order valence-electron chi connectivity index (χ2n) is 6.26. The van der Waals surface area contributed by atoms with Gasteiger partial charge in [-0.3, -0.25) is 0 Å². The lowest BCUT2D eigenvalue weighted by Gasteiger charge is -2.25. The van der Waals surface area contributed by atoms with E-state index in [2.05, 4.69) is 11.2 Å². The van der Waals surface area contributed by atoms with Crippen LogP contribution < -0.4 is 10.5 Å². The first-order valence-electron chi connectivity index (χ1n) is 8.25. The van der Waals surface area contributed by atoms with E-state index >= 15 is 0 Å². The van der Waals surface area contributed by atoms with E-state index in [9.17, 15) is 15.5 Å². The summed E-state index contributed by atoms with van der Waals surface area (Å²) in [5.41, 5.74) is 8.94. The Morgan fingerprint density at radius 1 is 1.15 bits per heavy atom. The van der Waals surface area contributed by atoms with Gasteiger partial charge in [0.25, 0.3) is 0 Å². The van der Waals surface area contributed by atoms with E-state index in [4.69, 9.17) is 10.5 Å². The molecule has 2 heterocycles. The summed E-state index contributed by atoms with van der Waals surface area (Å²) in [5, 5.41) is 33.9. The summed E-state index contributed by atoms with van der Waals surface area (Å²) in [5.74, 6) is 0.0323. The van der Waals surface area contributed by atoms with Crippen LogP contribution in [0.4, 0.5) is 0 Å². The highest BCUT2D eigenvalue weighted by atomic mass is 16.5. The molecule has 1 atom stereocenters. The lowest BCUT2D eigenvalue weighted by molar-refractivity contribution is 0.366. The first-order valence-corrected chi connectivity index (χ1v) is 8.25. The number of hydrogen-bond acceptors (Lipinski definition) is 6. The minimum absolute atomic E-state index is 0.0142. The van der Waals surface area contributed by atoms with Crippen LogP contribution in [0.3, 0.4) is 0 Å². The van der Waals surface area contributed by atoms with Gasteiger partial charge < -0.3 is 20.7 Å². The Balaban J connectivity index is 1.97. The van der Waals surface area contributed by atoms with Gasteiger partial charge >= 0.3 is 0 Å². The zero-order valence-corrected chi connectivity index (χ0v) is 14.4. The Labute approximate surface area is 155 Å². The van der Waals surface area contributed by atoms with Crippen molar-refractivity contribution in [2.24, 2.45) is 5.73 Å². The molecule has 0 bridgehead atoms. The highest BCUT2D eigenvalue weighted by Crippen LogP contribution is 2.45. The number of rotatable bonds is 2. The third kappa shape index (κ3) is 2.64. The van der Waals surface area contributed by atoms with Gasteiger partial charge in [-0.15, -0.1) is 0 Å². The molecular formula is C20H16N4O3. The Bertz CT molecular complexity index is 1120. The molecule has 2 aromatic carbocycles. The minimum Gasteiger partial charge on any atom is -0.508 e. The van der Waals surface area contributed by atoms with Gasteiger partial charge in [-0.05, 0) is 36.8 Å². The number of phenolic OH excluding ortho intramolecular Hbond substituents is 2. The van der Waals surface area contributed by atoms with Gasteiger partial charge in [0, 0.05) is 6.07 Å². The molecule has 134 valence electrons. The van der Waals surface area contributed by atoms with Crippen molar-refractivity contribution in [1.82, 2.24) is 9.78 Å². The van der Waals surface area contributed by atoms with Crippen LogP contribution >= 0.6 is 0 Å². The van der Waals surface area contributed by atoms with E-state index in [1.54, 1.807) is 47.1 Å². The summed E-state index contributed by atoms with van der Waals surface area (Å²) in [6, 6.07) is 15.4. The Kier molecular flexibility index (Phi) is 3.74. The van der Waals surface area contributed by atoms with Gasteiger partial charge in [0.2, 0.25) is 11.8 Å². The number of ether oxygens (including phenoxy) is 1. The summed E-state index contributed by atoms with van der Waals surface area (Å²) < 4.78 is 7.30. The molecule has 0 radical (unpaired) electrons. The van der Waals surface area contributed by atoms with E-state index in [1.807, 2.05) is 13.0 Å². The van der Waals surface area contributed by atoms with Crippen LogP contribution in [0.1, 0.15) is 22.7 Å².